The highest BCUT2D eigenvalue weighted by atomic mass is 15.1. The first kappa shape index (κ1) is 12.5. The largest absolute Gasteiger partial charge is 0.307 e. The molecule has 1 aromatic heterocycles. The van der Waals surface area contributed by atoms with Crippen molar-refractivity contribution in [2.45, 2.75) is 38.3 Å². The van der Waals surface area contributed by atoms with Gasteiger partial charge in [-0.15, -0.1) is 0 Å². The summed E-state index contributed by atoms with van der Waals surface area (Å²) >= 11 is 0. The fourth-order valence-electron chi connectivity index (χ4n) is 2.49. The van der Waals surface area contributed by atoms with E-state index in [-0.39, 0.29) is 0 Å². The summed E-state index contributed by atoms with van der Waals surface area (Å²) in [7, 11) is 2.22. The molecule has 1 fully saturated rings. The first-order valence-electron chi connectivity index (χ1n) is 6.60. The molecule has 2 heterocycles. The Labute approximate surface area is 104 Å². The van der Waals surface area contributed by atoms with Gasteiger partial charge in [-0.3, -0.25) is 4.98 Å². The highest BCUT2D eigenvalue weighted by Crippen LogP contribution is 2.16. The normalized spacial score (nSPS) is 24.2. The van der Waals surface area contributed by atoms with Gasteiger partial charge in [0.05, 0.1) is 0 Å². The molecule has 1 aliphatic rings. The van der Waals surface area contributed by atoms with Crippen molar-refractivity contribution in [2.24, 2.45) is 0 Å². The molecule has 0 aliphatic carbocycles. The summed E-state index contributed by atoms with van der Waals surface area (Å²) in [6.07, 6.45) is 7.63. The lowest BCUT2D eigenvalue weighted by Gasteiger charge is -2.22. The zero-order valence-corrected chi connectivity index (χ0v) is 10.9. The van der Waals surface area contributed by atoms with E-state index in [1.807, 2.05) is 18.5 Å². The van der Waals surface area contributed by atoms with Gasteiger partial charge in [-0.2, -0.15) is 0 Å². The maximum atomic E-state index is 4.18. The van der Waals surface area contributed by atoms with Crippen molar-refractivity contribution in [3.05, 3.63) is 30.1 Å². The quantitative estimate of drug-likeness (QED) is 0.867. The monoisotopic (exact) mass is 233 g/mol. The van der Waals surface area contributed by atoms with Crippen molar-refractivity contribution < 1.29 is 0 Å². The van der Waals surface area contributed by atoms with Crippen LogP contribution in [0.1, 0.15) is 37.8 Å². The van der Waals surface area contributed by atoms with Crippen molar-refractivity contribution >= 4 is 0 Å². The van der Waals surface area contributed by atoms with Crippen molar-refractivity contribution in [1.29, 1.82) is 0 Å². The topological polar surface area (TPSA) is 28.2 Å². The van der Waals surface area contributed by atoms with Crippen LogP contribution >= 0.6 is 0 Å². The standard InChI is InChI=1S/C14H23N3/c1-12(13-5-3-8-15-11-13)16-14-6-4-9-17(2)10-7-14/h3,5,8,11-12,14,16H,4,6-7,9-10H2,1-2H3. The fraction of sp³-hybridized carbons (Fsp3) is 0.643. The lowest BCUT2D eigenvalue weighted by atomic mass is 10.1. The summed E-state index contributed by atoms with van der Waals surface area (Å²) in [4.78, 5) is 6.61. The van der Waals surface area contributed by atoms with E-state index in [1.165, 1.54) is 37.9 Å². The zero-order valence-electron chi connectivity index (χ0n) is 10.9. The van der Waals surface area contributed by atoms with Crippen LogP contribution in [-0.4, -0.2) is 36.1 Å². The molecule has 1 aromatic rings. The van der Waals surface area contributed by atoms with Crippen LogP contribution in [0, 0.1) is 0 Å². The lowest BCUT2D eigenvalue weighted by Crippen LogP contribution is -2.32. The molecule has 17 heavy (non-hydrogen) atoms. The molecule has 94 valence electrons. The molecule has 1 N–H and O–H groups in total. The molecule has 2 unspecified atom stereocenters. The van der Waals surface area contributed by atoms with Gasteiger partial charge in [-0.1, -0.05) is 6.07 Å². The number of aromatic nitrogens is 1. The Morgan fingerprint density at radius 1 is 1.41 bits per heavy atom. The van der Waals surface area contributed by atoms with Crippen LogP contribution in [0.15, 0.2) is 24.5 Å². The molecule has 1 saturated heterocycles. The second-order valence-electron chi connectivity index (χ2n) is 5.11. The van der Waals surface area contributed by atoms with E-state index in [9.17, 15) is 0 Å². The van der Waals surface area contributed by atoms with Gasteiger partial charge in [0.2, 0.25) is 0 Å². The molecular formula is C14H23N3. The van der Waals surface area contributed by atoms with Crippen LogP contribution in [0.3, 0.4) is 0 Å². The number of hydrogen-bond donors (Lipinski definition) is 1. The Hall–Kier alpha value is -0.930. The summed E-state index contributed by atoms with van der Waals surface area (Å²) in [5, 5.41) is 3.73. The Morgan fingerprint density at radius 2 is 2.29 bits per heavy atom. The Morgan fingerprint density at radius 3 is 3.06 bits per heavy atom. The lowest BCUT2D eigenvalue weighted by molar-refractivity contribution is 0.340. The molecule has 0 spiro atoms. The third-order valence-corrected chi connectivity index (χ3v) is 3.62. The van der Waals surface area contributed by atoms with Crippen molar-refractivity contribution in [3.8, 4) is 0 Å². The third kappa shape index (κ3) is 3.79. The van der Waals surface area contributed by atoms with Crippen LogP contribution in [-0.2, 0) is 0 Å². The molecule has 0 aromatic carbocycles. The molecule has 2 atom stereocenters. The average molecular weight is 233 g/mol. The Kier molecular flexibility index (Phi) is 4.51. The number of nitrogens with zero attached hydrogens (tertiary/aromatic N) is 2. The van der Waals surface area contributed by atoms with Gasteiger partial charge < -0.3 is 10.2 Å². The van der Waals surface area contributed by atoms with Crippen LogP contribution in [0.2, 0.25) is 0 Å². The van der Waals surface area contributed by atoms with Gasteiger partial charge in [0, 0.05) is 24.5 Å². The van der Waals surface area contributed by atoms with Gasteiger partial charge in [-0.05, 0) is 58.0 Å². The SMILES string of the molecule is CC(NC1CCCN(C)CC1)c1cccnc1. The maximum absolute atomic E-state index is 4.18. The summed E-state index contributed by atoms with van der Waals surface area (Å²) in [6.45, 7) is 4.67. The Balaban J connectivity index is 1.88. The molecule has 1 aliphatic heterocycles. The predicted octanol–water partition coefficient (Wildman–Crippen LogP) is 2.22. The fourth-order valence-corrected chi connectivity index (χ4v) is 2.49. The smallest absolute Gasteiger partial charge is 0.0315 e. The molecular weight excluding hydrogens is 210 g/mol. The molecule has 0 radical (unpaired) electrons. The van der Waals surface area contributed by atoms with Crippen molar-refractivity contribution in [2.75, 3.05) is 20.1 Å². The van der Waals surface area contributed by atoms with Gasteiger partial charge in [0.25, 0.3) is 0 Å². The third-order valence-electron chi connectivity index (χ3n) is 3.62. The minimum atomic E-state index is 0.400. The summed E-state index contributed by atoms with van der Waals surface area (Å²) < 4.78 is 0. The van der Waals surface area contributed by atoms with E-state index in [4.69, 9.17) is 0 Å². The van der Waals surface area contributed by atoms with Crippen LogP contribution < -0.4 is 5.32 Å². The highest BCUT2D eigenvalue weighted by Gasteiger charge is 2.17. The maximum Gasteiger partial charge on any atom is 0.0315 e. The molecule has 0 amide bonds. The first-order valence-corrected chi connectivity index (χ1v) is 6.60. The van der Waals surface area contributed by atoms with E-state index in [0.717, 1.165) is 0 Å². The van der Waals surface area contributed by atoms with Crippen molar-refractivity contribution in [1.82, 2.24) is 15.2 Å². The molecule has 0 bridgehead atoms. The molecule has 0 saturated carbocycles. The second kappa shape index (κ2) is 6.12. The minimum Gasteiger partial charge on any atom is -0.307 e. The number of rotatable bonds is 3. The average Bonchev–Trinajstić information content (AvgIpc) is 2.56. The van der Waals surface area contributed by atoms with Gasteiger partial charge in [-0.25, -0.2) is 0 Å². The number of nitrogens with one attached hydrogen (secondary N) is 1. The van der Waals surface area contributed by atoms with Crippen molar-refractivity contribution in [3.63, 3.8) is 0 Å². The number of hydrogen-bond acceptors (Lipinski definition) is 3. The van der Waals surface area contributed by atoms with Crippen LogP contribution in [0.25, 0.3) is 0 Å². The zero-order chi connectivity index (χ0) is 12.1. The second-order valence-corrected chi connectivity index (χ2v) is 5.11. The summed E-state index contributed by atoms with van der Waals surface area (Å²) in [5.74, 6) is 0. The van der Waals surface area contributed by atoms with Gasteiger partial charge in [0.15, 0.2) is 0 Å². The van der Waals surface area contributed by atoms with Crippen LogP contribution in [0.4, 0.5) is 0 Å². The number of likely N-dealkylation sites (tertiary alicyclic amines) is 1. The molecule has 3 heteroatoms. The van der Waals surface area contributed by atoms with Gasteiger partial charge in [0.1, 0.15) is 0 Å². The van der Waals surface area contributed by atoms with E-state index < -0.39 is 0 Å². The first-order chi connectivity index (χ1) is 8.25. The predicted molar refractivity (Wildman–Crippen MR) is 70.9 cm³/mol. The molecule has 2 rings (SSSR count). The Bertz CT molecular complexity index is 325. The summed E-state index contributed by atoms with van der Waals surface area (Å²) in [6, 6.07) is 5.20. The van der Waals surface area contributed by atoms with E-state index in [0.29, 0.717) is 12.1 Å². The van der Waals surface area contributed by atoms with E-state index in [1.54, 1.807) is 0 Å². The number of pyridine rings is 1. The molecule has 3 nitrogen and oxygen atoms in total. The van der Waals surface area contributed by atoms with E-state index >= 15 is 0 Å². The van der Waals surface area contributed by atoms with Gasteiger partial charge >= 0.3 is 0 Å². The highest BCUT2D eigenvalue weighted by molar-refractivity contribution is 5.13. The van der Waals surface area contributed by atoms with Crippen LogP contribution in [0.5, 0.6) is 0 Å². The summed E-state index contributed by atoms with van der Waals surface area (Å²) in [5.41, 5.74) is 1.28. The minimum absolute atomic E-state index is 0.400. The van der Waals surface area contributed by atoms with E-state index in [2.05, 4.69) is 35.2 Å².